The standard InChI is InChI=1S/C34H32FN3O4/c35-28-17-13-23(14-18-28)19-26-16-15-25-9-4-5-12-30(25)32(26)38(22-24-7-2-1-3-8-24)31(39)21-36-34(42)37-29-11-6-10-27(20-29)33(40)41/h1-14,17-18,20,26,32H,15-16,19,21-22H2,(H,40,41)(H2,36,37,42). The first-order valence-electron chi connectivity index (χ1n) is 13.9. The molecule has 2 atom stereocenters. The molecule has 4 aromatic carbocycles. The molecule has 8 heteroatoms. The minimum Gasteiger partial charge on any atom is -0.478 e. The Morgan fingerprint density at radius 1 is 0.857 bits per heavy atom. The number of carboxylic acids is 1. The first-order chi connectivity index (χ1) is 20.4. The zero-order chi connectivity index (χ0) is 29.5. The van der Waals surface area contributed by atoms with Gasteiger partial charge in [0.2, 0.25) is 5.91 Å². The quantitative estimate of drug-likeness (QED) is 0.224. The van der Waals surface area contributed by atoms with Crippen LogP contribution in [0, 0.1) is 11.7 Å². The number of nitrogens with one attached hydrogen (secondary N) is 2. The topological polar surface area (TPSA) is 98.7 Å². The van der Waals surface area contributed by atoms with Crippen LogP contribution in [0.3, 0.4) is 0 Å². The molecule has 5 rings (SSSR count). The fourth-order valence-electron chi connectivity index (χ4n) is 5.65. The van der Waals surface area contributed by atoms with Gasteiger partial charge in [-0.3, -0.25) is 4.79 Å². The molecule has 0 aliphatic heterocycles. The maximum Gasteiger partial charge on any atom is 0.335 e. The summed E-state index contributed by atoms with van der Waals surface area (Å²) in [5.41, 5.74) is 4.58. The largest absolute Gasteiger partial charge is 0.478 e. The van der Waals surface area contributed by atoms with Gasteiger partial charge in [-0.25, -0.2) is 14.0 Å². The van der Waals surface area contributed by atoms with Gasteiger partial charge in [0.25, 0.3) is 0 Å². The lowest BCUT2D eigenvalue weighted by atomic mass is 9.76. The number of benzene rings is 4. The van der Waals surface area contributed by atoms with Gasteiger partial charge in [-0.1, -0.05) is 72.8 Å². The van der Waals surface area contributed by atoms with Gasteiger partial charge in [0.1, 0.15) is 5.82 Å². The van der Waals surface area contributed by atoms with Crippen molar-refractivity contribution in [2.24, 2.45) is 5.92 Å². The van der Waals surface area contributed by atoms with Crippen molar-refractivity contribution in [1.29, 1.82) is 0 Å². The van der Waals surface area contributed by atoms with Crippen LogP contribution in [0.5, 0.6) is 0 Å². The van der Waals surface area contributed by atoms with Crippen molar-refractivity contribution in [3.05, 3.63) is 137 Å². The number of aromatic carboxylic acids is 1. The van der Waals surface area contributed by atoms with Crippen LogP contribution >= 0.6 is 0 Å². The zero-order valence-corrected chi connectivity index (χ0v) is 23.0. The second kappa shape index (κ2) is 13.1. The maximum absolute atomic E-state index is 14.0. The van der Waals surface area contributed by atoms with Gasteiger partial charge >= 0.3 is 12.0 Å². The molecule has 0 heterocycles. The summed E-state index contributed by atoms with van der Waals surface area (Å²) in [7, 11) is 0. The predicted octanol–water partition coefficient (Wildman–Crippen LogP) is 6.22. The summed E-state index contributed by atoms with van der Waals surface area (Å²) in [6.45, 7) is 0.0990. The third kappa shape index (κ3) is 7.01. The first kappa shape index (κ1) is 28.5. The number of fused-ring (bicyclic) bond motifs is 1. The molecule has 0 saturated carbocycles. The van der Waals surface area contributed by atoms with E-state index in [2.05, 4.69) is 22.8 Å². The summed E-state index contributed by atoms with van der Waals surface area (Å²) >= 11 is 0. The number of aryl methyl sites for hydroxylation is 1. The van der Waals surface area contributed by atoms with E-state index < -0.39 is 12.0 Å². The molecule has 0 bridgehead atoms. The molecular weight excluding hydrogens is 533 g/mol. The van der Waals surface area contributed by atoms with Crippen molar-refractivity contribution in [2.45, 2.75) is 31.8 Å². The highest BCUT2D eigenvalue weighted by Gasteiger charge is 2.36. The molecule has 0 fully saturated rings. The summed E-state index contributed by atoms with van der Waals surface area (Å²) in [6.07, 6.45) is 2.40. The average Bonchev–Trinajstić information content (AvgIpc) is 3.00. The molecule has 3 N–H and O–H groups in total. The smallest absolute Gasteiger partial charge is 0.335 e. The van der Waals surface area contributed by atoms with Crippen LogP contribution in [0.1, 0.15) is 45.1 Å². The van der Waals surface area contributed by atoms with Crippen LogP contribution in [0.2, 0.25) is 0 Å². The fraction of sp³-hybridized carbons (Fsp3) is 0.206. The lowest BCUT2D eigenvalue weighted by Crippen LogP contribution is -2.46. The predicted molar refractivity (Wildman–Crippen MR) is 159 cm³/mol. The Kier molecular flexibility index (Phi) is 8.92. The van der Waals surface area contributed by atoms with Gasteiger partial charge in [-0.2, -0.15) is 0 Å². The van der Waals surface area contributed by atoms with E-state index in [9.17, 15) is 23.9 Å². The molecule has 7 nitrogen and oxygen atoms in total. The number of amides is 3. The van der Waals surface area contributed by atoms with Crippen LogP contribution in [0.25, 0.3) is 0 Å². The number of carbonyl (C=O) groups is 3. The summed E-state index contributed by atoms with van der Waals surface area (Å²) < 4.78 is 13.6. The van der Waals surface area contributed by atoms with E-state index >= 15 is 0 Å². The highest BCUT2D eigenvalue weighted by molar-refractivity contribution is 5.94. The van der Waals surface area contributed by atoms with Crippen molar-refractivity contribution in [2.75, 3.05) is 11.9 Å². The minimum atomic E-state index is -1.10. The number of nitrogens with zero attached hydrogens (tertiary/aromatic N) is 1. The molecular formula is C34H32FN3O4. The summed E-state index contributed by atoms with van der Waals surface area (Å²) in [6, 6.07) is 29.4. The van der Waals surface area contributed by atoms with Crippen LogP contribution < -0.4 is 10.6 Å². The Hall–Kier alpha value is -4.98. The molecule has 0 saturated heterocycles. The molecule has 1 aliphatic rings. The van der Waals surface area contributed by atoms with Crippen molar-refractivity contribution in [1.82, 2.24) is 10.2 Å². The third-order valence-electron chi connectivity index (χ3n) is 7.64. The zero-order valence-electron chi connectivity index (χ0n) is 23.0. The maximum atomic E-state index is 14.0. The normalized spacial score (nSPS) is 15.7. The van der Waals surface area contributed by atoms with E-state index in [1.54, 1.807) is 18.2 Å². The Bertz CT molecular complexity index is 1560. The van der Waals surface area contributed by atoms with E-state index in [4.69, 9.17) is 0 Å². The summed E-state index contributed by atoms with van der Waals surface area (Å²) in [5.74, 6) is -1.57. The first-order valence-corrected chi connectivity index (χ1v) is 13.9. The van der Waals surface area contributed by atoms with Gasteiger partial charge in [0.05, 0.1) is 18.2 Å². The van der Waals surface area contributed by atoms with Crippen molar-refractivity contribution >= 4 is 23.6 Å². The summed E-state index contributed by atoms with van der Waals surface area (Å²) in [5, 5.41) is 14.5. The highest BCUT2D eigenvalue weighted by Crippen LogP contribution is 2.41. The number of hydrogen-bond acceptors (Lipinski definition) is 3. The number of hydrogen-bond donors (Lipinski definition) is 3. The van der Waals surface area contributed by atoms with Crippen LogP contribution in [-0.4, -0.2) is 34.5 Å². The van der Waals surface area contributed by atoms with Crippen LogP contribution in [0.4, 0.5) is 14.9 Å². The van der Waals surface area contributed by atoms with E-state index in [0.717, 1.165) is 29.5 Å². The van der Waals surface area contributed by atoms with Crippen LogP contribution in [-0.2, 0) is 24.2 Å². The van der Waals surface area contributed by atoms with Crippen LogP contribution in [0.15, 0.2) is 103 Å². The number of anilines is 1. The monoisotopic (exact) mass is 565 g/mol. The molecule has 4 aromatic rings. The highest BCUT2D eigenvalue weighted by atomic mass is 19.1. The Morgan fingerprint density at radius 3 is 2.36 bits per heavy atom. The molecule has 3 amide bonds. The van der Waals surface area contributed by atoms with E-state index in [1.165, 1.54) is 35.9 Å². The van der Waals surface area contributed by atoms with E-state index in [1.807, 2.05) is 47.4 Å². The van der Waals surface area contributed by atoms with Gasteiger partial charge in [-0.15, -0.1) is 0 Å². The minimum absolute atomic E-state index is 0.0427. The Balaban J connectivity index is 1.40. The summed E-state index contributed by atoms with van der Waals surface area (Å²) in [4.78, 5) is 39.8. The number of carboxylic acid groups (broad SMARTS) is 1. The second-order valence-corrected chi connectivity index (χ2v) is 10.5. The third-order valence-corrected chi connectivity index (χ3v) is 7.64. The number of carbonyl (C=O) groups excluding carboxylic acids is 2. The van der Waals surface area contributed by atoms with E-state index in [0.29, 0.717) is 18.7 Å². The average molecular weight is 566 g/mol. The lowest BCUT2D eigenvalue weighted by Gasteiger charge is -2.42. The van der Waals surface area contributed by atoms with Gasteiger partial charge in [0.15, 0.2) is 0 Å². The Morgan fingerprint density at radius 2 is 1.60 bits per heavy atom. The molecule has 214 valence electrons. The molecule has 0 radical (unpaired) electrons. The second-order valence-electron chi connectivity index (χ2n) is 10.5. The number of urea groups is 1. The van der Waals surface area contributed by atoms with E-state index in [-0.39, 0.29) is 35.8 Å². The SMILES string of the molecule is O=C(NCC(=O)N(Cc1ccccc1)C1c2ccccc2CCC1Cc1ccc(F)cc1)Nc1cccc(C(=O)O)c1. The fourth-order valence-corrected chi connectivity index (χ4v) is 5.65. The number of rotatable bonds is 9. The van der Waals surface area contributed by atoms with Crippen molar-refractivity contribution in [3.8, 4) is 0 Å². The molecule has 0 aromatic heterocycles. The molecule has 1 aliphatic carbocycles. The molecule has 0 spiro atoms. The van der Waals surface area contributed by atoms with Gasteiger partial charge < -0.3 is 20.6 Å². The Labute approximate surface area is 244 Å². The molecule has 42 heavy (non-hydrogen) atoms. The van der Waals surface area contributed by atoms with Crippen molar-refractivity contribution in [3.63, 3.8) is 0 Å². The molecule has 2 unspecified atom stereocenters. The van der Waals surface area contributed by atoms with Gasteiger partial charge in [-0.05, 0) is 77.8 Å². The lowest BCUT2D eigenvalue weighted by molar-refractivity contribution is -0.135. The van der Waals surface area contributed by atoms with Gasteiger partial charge in [0, 0.05) is 12.2 Å². The number of halogens is 1. The van der Waals surface area contributed by atoms with Crippen molar-refractivity contribution < 1.29 is 23.9 Å².